The van der Waals surface area contributed by atoms with Gasteiger partial charge in [0.25, 0.3) is 0 Å². The van der Waals surface area contributed by atoms with Crippen LogP contribution in [0.4, 0.5) is 0 Å². The van der Waals surface area contributed by atoms with Crippen LogP contribution in [0.25, 0.3) is 22.3 Å². The molecule has 29 heavy (non-hydrogen) atoms. The van der Waals surface area contributed by atoms with Crippen molar-refractivity contribution in [3.63, 3.8) is 0 Å². The first-order chi connectivity index (χ1) is 13.7. The van der Waals surface area contributed by atoms with Gasteiger partial charge in [-0.15, -0.1) is 12.4 Å². The maximum Gasteiger partial charge on any atom is 0.234 e. The molecule has 0 unspecified atom stereocenters. The van der Waals surface area contributed by atoms with Crippen LogP contribution in [0.1, 0.15) is 17.8 Å². The van der Waals surface area contributed by atoms with Crippen molar-refractivity contribution in [3.8, 4) is 23.2 Å². The predicted molar refractivity (Wildman–Crippen MR) is 111 cm³/mol. The Morgan fingerprint density at radius 3 is 2.93 bits per heavy atom. The number of hydrogen-bond donors (Lipinski definition) is 1. The van der Waals surface area contributed by atoms with E-state index < -0.39 is 0 Å². The standard InChI is InChI=1S/C20H22N6O2.ClH/c1-13-9-14(11-23-20(13)28-8-7-27-15-3-5-22-12-15)18-16-4-6-26(2)19(16)25-17(10-21)24-18;/h4,6,9,11,15,22H,3,5,7-8,12H2,1-2H3;1H/t15-;/m1./s1. The average molecular weight is 415 g/mol. The van der Waals surface area contributed by atoms with E-state index in [4.69, 9.17) is 9.47 Å². The van der Waals surface area contributed by atoms with Crippen molar-refractivity contribution in [1.82, 2.24) is 24.8 Å². The van der Waals surface area contributed by atoms with E-state index in [2.05, 4.69) is 20.3 Å². The summed E-state index contributed by atoms with van der Waals surface area (Å²) in [5.74, 6) is 0.719. The number of nitriles is 1. The van der Waals surface area contributed by atoms with E-state index in [9.17, 15) is 5.26 Å². The number of ether oxygens (including phenoxy) is 2. The van der Waals surface area contributed by atoms with Gasteiger partial charge in [0.1, 0.15) is 18.3 Å². The molecule has 3 aromatic rings. The number of fused-ring (bicyclic) bond motifs is 1. The molecule has 152 valence electrons. The molecular formula is C20H23ClN6O2. The van der Waals surface area contributed by atoms with Crippen LogP contribution in [-0.2, 0) is 11.8 Å². The zero-order valence-electron chi connectivity index (χ0n) is 16.4. The number of pyridine rings is 1. The molecule has 0 radical (unpaired) electrons. The van der Waals surface area contributed by atoms with Crippen LogP contribution >= 0.6 is 12.4 Å². The van der Waals surface area contributed by atoms with Crippen molar-refractivity contribution in [3.05, 3.63) is 35.9 Å². The number of hydrogen-bond acceptors (Lipinski definition) is 7. The van der Waals surface area contributed by atoms with Crippen molar-refractivity contribution in [1.29, 1.82) is 5.26 Å². The van der Waals surface area contributed by atoms with Crippen molar-refractivity contribution < 1.29 is 9.47 Å². The molecule has 0 saturated carbocycles. The van der Waals surface area contributed by atoms with E-state index in [0.29, 0.717) is 24.8 Å². The summed E-state index contributed by atoms with van der Waals surface area (Å²) in [5.41, 5.74) is 3.15. The molecule has 9 heteroatoms. The summed E-state index contributed by atoms with van der Waals surface area (Å²) in [6, 6.07) is 5.95. The first-order valence-corrected chi connectivity index (χ1v) is 9.31. The summed E-state index contributed by atoms with van der Waals surface area (Å²) < 4.78 is 13.4. The molecule has 0 aliphatic carbocycles. The van der Waals surface area contributed by atoms with Crippen LogP contribution in [0.2, 0.25) is 0 Å². The Morgan fingerprint density at radius 2 is 2.21 bits per heavy atom. The number of rotatable bonds is 6. The van der Waals surface area contributed by atoms with Crippen molar-refractivity contribution >= 4 is 23.4 Å². The van der Waals surface area contributed by atoms with Gasteiger partial charge in [-0.1, -0.05) is 0 Å². The molecule has 1 fully saturated rings. The molecule has 4 heterocycles. The maximum atomic E-state index is 9.26. The topological polar surface area (TPSA) is 97.9 Å². The van der Waals surface area contributed by atoms with Gasteiger partial charge in [0.2, 0.25) is 11.7 Å². The van der Waals surface area contributed by atoms with Gasteiger partial charge in [0, 0.05) is 42.5 Å². The molecule has 4 rings (SSSR count). The highest BCUT2D eigenvalue weighted by atomic mass is 35.5. The maximum absolute atomic E-state index is 9.26. The lowest BCUT2D eigenvalue weighted by atomic mass is 10.1. The lowest BCUT2D eigenvalue weighted by Gasteiger charge is -2.12. The second-order valence-electron chi connectivity index (χ2n) is 6.85. The second-order valence-corrected chi connectivity index (χ2v) is 6.85. The molecule has 0 amide bonds. The predicted octanol–water partition coefficient (Wildman–Crippen LogP) is 2.39. The largest absolute Gasteiger partial charge is 0.475 e. The SMILES string of the molecule is Cc1cc(-c2nc(C#N)nc3c2ccn3C)cnc1OCCO[C@@H]1CCNC1.Cl. The third-order valence-electron chi connectivity index (χ3n) is 4.82. The lowest BCUT2D eigenvalue weighted by molar-refractivity contribution is 0.0445. The summed E-state index contributed by atoms with van der Waals surface area (Å²) in [6.07, 6.45) is 4.95. The van der Waals surface area contributed by atoms with Crippen LogP contribution in [0.15, 0.2) is 24.5 Å². The highest BCUT2D eigenvalue weighted by Crippen LogP contribution is 2.28. The van der Waals surface area contributed by atoms with Crippen LogP contribution in [0.3, 0.4) is 0 Å². The summed E-state index contributed by atoms with van der Waals surface area (Å²) in [6.45, 7) is 4.86. The fourth-order valence-electron chi connectivity index (χ4n) is 3.37. The molecule has 1 saturated heterocycles. The highest BCUT2D eigenvalue weighted by Gasteiger charge is 2.16. The molecule has 1 atom stereocenters. The molecule has 3 aromatic heterocycles. The van der Waals surface area contributed by atoms with Gasteiger partial charge in [0.05, 0.1) is 18.4 Å². The van der Waals surface area contributed by atoms with Gasteiger partial charge in [-0.3, -0.25) is 0 Å². The molecule has 0 aromatic carbocycles. The van der Waals surface area contributed by atoms with Crippen LogP contribution in [0.5, 0.6) is 5.88 Å². The van der Waals surface area contributed by atoms with Crippen LogP contribution in [0, 0.1) is 18.3 Å². The Morgan fingerprint density at radius 1 is 1.34 bits per heavy atom. The fraction of sp³-hybridized carbons (Fsp3) is 0.400. The van der Waals surface area contributed by atoms with Crippen molar-refractivity contribution in [2.24, 2.45) is 7.05 Å². The number of nitrogens with one attached hydrogen (secondary N) is 1. The quantitative estimate of drug-likeness (QED) is 0.618. The Balaban J connectivity index is 0.00000240. The van der Waals surface area contributed by atoms with E-state index in [1.54, 1.807) is 6.20 Å². The molecule has 1 aliphatic rings. The Kier molecular flexibility index (Phi) is 6.64. The number of aromatic nitrogens is 4. The minimum absolute atomic E-state index is 0. The Hall–Kier alpha value is -2.73. The number of nitrogens with zero attached hydrogens (tertiary/aromatic N) is 5. The molecule has 1 N–H and O–H groups in total. The van der Waals surface area contributed by atoms with Crippen LogP contribution < -0.4 is 10.1 Å². The van der Waals surface area contributed by atoms with Gasteiger partial charge in [-0.2, -0.15) is 5.26 Å². The smallest absolute Gasteiger partial charge is 0.234 e. The van der Waals surface area contributed by atoms with Gasteiger partial charge < -0.3 is 19.4 Å². The molecule has 8 nitrogen and oxygen atoms in total. The normalized spacial score (nSPS) is 15.8. The van der Waals surface area contributed by atoms with E-state index >= 15 is 0 Å². The van der Waals surface area contributed by atoms with Gasteiger partial charge >= 0.3 is 0 Å². The zero-order chi connectivity index (χ0) is 19.5. The first kappa shape index (κ1) is 21.0. The third kappa shape index (κ3) is 4.48. The number of halogens is 1. The number of aryl methyl sites for hydroxylation is 2. The summed E-state index contributed by atoms with van der Waals surface area (Å²) in [7, 11) is 1.89. The van der Waals surface area contributed by atoms with E-state index in [-0.39, 0.29) is 24.3 Å². The Labute approximate surface area is 175 Å². The van der Waals surface area contributed by atoms with Gasteiger partial charge in [0.15, 0.2) is 0 Å². The molecular weight excluding hydrogens is 392 g/mol. The highest BCUT2D eigenvalue weighted by molar-refractivity contribution is 5.91. The minimum Gasteiger partial charge on any atom is -0.475 e. The van der Waals surface area contributed by atoms with E-state index in [1.165, 1.54) is 0 Å². The lowest BCUT2D eigenvalue weighted by Crippen LogP contribution is -2.20. The van der Waals surface area contributed by atoms with Crippen molar-refractivity contribution in [2.45, 2.75) is 19.4 Å². The van der Waals surface area contributed by atoms with Gasteiger partial charge in [-0.25, -0.2) is 15.0 Å². The first-order valence-electron chi connectivity index (χ1n) is 9.31. The van der Waals surface area contributed by atoms with Crippen molar-refractivity contribution in [2.75, 3.05) is 26.3 Å². The van der Waals surface area contributed by atoms with Crippen LogP contribution in [-0.4, -0.2) is 51.9 Å². The average Bonchev–Trinajstić information content (AvgIpc) is 3.35. The van der Waals surface area contributed by atoms with E-state index in [1.807, 2.05) is 42.9 Å². The molecule has 1 aliphatic heterocycles. The second kappa shape index (κ2) is 9.18. The third-order valence-corrected chi connectivity index (χ3v) is 4.82. The zero-order valence-corrected chi connectivity index (χ0v) is 17.2. The monoisotopic (exact) mass is 414 g/mol. The summed E-state index contributed by atoms with van der Waals surface area (Å²) in [5, 5.41) is 13.4. The molecule has 0 spiro atoms. The Bertz CT molecular complexity index is 1040. The minimum atomic E-state index is 0. The summed E-state index contributed by atoms with van der Waals surface area (Å²) >= 11 is 0. The summed E-state index contributed by atoms with van der Waals surface area (Å²) in [4.78, 5) is 13.1. The molecule has 0 bridgehead atoms. The fourth-order valence-corrected chi connectivity index (χ4v) is 3.37. The van der Waals surface area contributed by atoms with Gasteiger partial charge in [-0.05, 0) is 32.0 Å². The van der Waals surface area contributed by atoms with E-state index in [0.717, 1.165) is 41.7 Å².